The molecule has 2 N–H and O–H groups in total. The first-order valence-electron chi connectivity index (χ1n) is 7.59. The summed E-state index contributed by atoms with van der Waals surface area (Å²) in [7, 11) is 0. The molecule has 1 heteroatoms. The van der Waals surface area contributed by atoms with Crippen molar-refractivity contribution in [1.29, 1.82) is 0 Å². The first-order chi connectivity index (χ1) is 9.78. The summed E-state index contributed by atoms with van der Waals surface area (Å²) >= 11 is 0. The SMILES string of the molecule is CC(CCN)CCc1ccc(Cc2ccccc2)cc1. The summed E-state index contributed by atoms with van der Waals surface area (Å²) in [5.41, 5.74) is 9.78. The van der Waals surface area contributed by atoms with E-state index in [0.717, 1.165) is 31.7 Å². The van der Waals surface area contributed by atoms with E-state index < -0.39 is 0 Å². The average Bonchev–Trinajstić information content (AvgIpc) is 2.48. The van der Waals surface area contributed by atoms with Crippen LogP contribution in [0, 0.1) is 5.92 Å². The molecule has 0 bridgehead atoms. The zero-order valence-electron chi connectivity index (χ0n) is 12.4. The summed E-state index contributed by atoms with van der Waals surface area (Å²) in [4.78, 5) is 0. The molecule has 1 atom stereocenters. The van der Waals surface area contributed by atoms with Crippen molar-refractivity contribution in [3.8, 4) is 0 Å². The largest absolute Gasteiger partial charge is 0.330 e. The fraction of sp³-hybridized carbons (Fsp3) is 0.368. The third kappa shape index (κ3) is 4.82. The number of rotatable bonds is 7. The zero-order valence-corrected chi connectivity index (χ0v) is 12.4. The number of aryl methyl sites for hydroxylation is 1. The van der Waals surface area contributed by atoms with Crippen LogP contribution in [-0.2, 0) is 12.8 Å². The summed E-state index contributed by atoms with van der Waals surface area (Å²) in [5, 5.41) is 0. The monoisotopic (exact) mass is 267 g/mol. The summed E-state index contributed by atoms with van der Waals surface area (Å²) < 4.78 is 0. The van der Waals surface area contributed by atoms with Crippen molar-refractivity contribution in [2.24, 2.45) is 11.7 Å². The molecule has 0 aliphatic heterocycles. The van der Waals surface area contributed by atoms with Crippen LogP contribution in [0.25, 0.3) is 0 Å². The van der Waals surface area contributed by atoms with Crippen molar-refractivity contribution >= 4 is 0 Å². The Morgan fingerprint density at radius 3 is 2.05 bits per heavy atom. The van der Waals surface area contributed by atoms with E-state index in [9.17, 15) is 0 Å². The van der Waals surface area contributed by atoms with E-state index in [4.69, 9.17) is 5.73 Å². The molecular weight excluding hydrogens is 242 g/mol. The van der Waals surface area contributed by atoms with Gasteiger partial charge in [0, 0.05) is 0 Å². The lowest BCUT2D eigenvalue weighted by Crippen LogP contribution is -2.06. The van der Waals surface area contributed by atoms with Crippen LogP contribution in [0.1, 0.15) is 36.5 Å². The fourth-order valence-electron chi connectivity index (χ4n) is 2.50. The third-order valence-electron chi connectivity index (χ3n) is 3.86. The lowest BCUT2D eigenvalue weighted by atomic mass is 9.97. The van der Waals surface area contributed by atoms with Gasteiger partial charge in [-0.2, -0.15) is 0 Å². The number of hydrogen-bond acceptors (Lipinski definition) is 1. The molecule has 0 radical (unpaired) electrons. The maximum absolute atomic E-state index is 5.59. The average molecular weight is 267 g/mol. The highest BCUT2D eigenvalue weighted by Gasteiger charge is 2.02. The van der Waals surface area contributed by atoms with Gasteiger partial charge in [-0.1, -0.05) is 61.5 Å². The van der Waals surface area contributed by atoms with Gasteiger partial charge >= 0.3 is 0 Å². The standard InChI is InChI=1S/C19H25N/c1-16(13-14-20)7-8-17-9-11-19(12-10-17)15-18-5-3-2-4-6-18/h2-6,9-12,16H,7-8,13-15,20H2,1H3. The van der Waals surface area contributed by atoms with Crippen LogP contribution in [0.15, 0.2) is 54.6 Å². The van der Waals surface area contributed by atoms with Gasteiger partial charge in [-0.15, -0.1) is 0 Å². The first kappa shape index (κ1) is 14.8. The third-order valence-corrected chi connectivity index (χ3v) is 3.86. The molecule has 2 aromatic rings. The minimum absolute atomic E-state index is 0.726. The van der Waals surface area contributed by atoms with Crippen LogP contribution >= 0.6 is 0 Å². The van der Waals surface area contributed by atoms with Crippen molar-refractivity contribution in [3.05, 3.63) is 71.3 Å². The smallest absolute Gasteiger partial charge is 0.00258 e. The minimum atomic E-state index is 0.726. The Labute approximate surface area is 122 Å². The summed E-state index contributed by atoms with van der Waals surface area (Å²) in [6.07, 6.45) is 4.54. The second-order valence-electron chi connectivity index (χ2n) is 5.70. The van der Waals surface area contributed by atoms with Crippen LogP contribution < -0.4 is 5.73 Å². The Balaban J connectivity index is 1.87. The molecule has 0 aromatic heterocycles. The molecular formula is C19H25N. The number of nitrogens with two attached hydrogens (primary N) is 1. The molecule has 0 saturated heterocycles. The van der Waals surface area contributed by atoms with Crippen LogP contribution in [0.4, 0.5) is 0 Å². The van der Waals surface area contributed by atoms with Gasteiger partial charge in [0.2, 0.25) is 0 Å². The van der Waals surface area contributed by atoms with E-state index in [1.807, 2.05) is 0 Å². The van der Waals surface area contributed by atoms with Crippen LogP contribution in [0.3, 0.4) is 0 Å². The van der Waals surface area contributed by atoms with Gasteiger partial charge in [-0.05, 0) is 54.8 Å². The highest BCUT2D eigenvalue weighted by Crippen LogP contribution is 2.15. The van der Waals surface area contributed by atoms with E-state index in [1.54, 1.807) is 0 Å². The van der Waals surface area contributed by atoms with Crippen molar-refractivity contribution in [1.82, 2.24) is 0 Å². The lowest BCUT2D eigenvalue weighted by molar-refractivity contribution is 0.500. The summed E-state index contributed by atoms with van der Waals surface area (Å²) in [5.74, 6) is 0.726. The van der Waals surface area contributed by atoms with Crippen molar-refractivity contribution < 1.29 is 0 Å². The van der Waals surface area contributed by atoms with E-state index in [2.05, 4.69) is 61.5 Å². The van der Waals surface area contributed by atoms with Crippen molar-refractivity contribution in [2.75, 3.05) is 6.54 Å². The molecule has 1 nitrogen and oxygen atoms in total. The Bertz CT molecular complexity index is 487. The van der Waals surface area contributed by atoms with Gasteiger partial charge in [0.25, 0.3) is 0 Å². The van der Waals surface area contributed by atoms with Crippen molar-refractivity contribution in [2.45, 2.75) is 32.6 Å². The van der Waals surface area contributed by atoms with Gasteiger partial charge in [0.15, 0.2) is 0 Å². The maximum atomic E-state index is 5.59. The second kappa shape index (κ2) is 7.86. The van der Waals surface area contributed by atoms with E-state index in [-0.39, 0.29) is 0 Å². The first-order valence-corrected chi connectivity index (χ1v) is 7.59. The Hall–Kier alpha value is -1.60. The van der Waals surface area contributed by atoms with E-state index in [1.165, 1.54) is 23.1 Å². The molecule has 0 spiro atoms. The Morgan fingerprint density at radius 2 is 1.40 bits per heavy atom. The molecule has 0 fully saturated rings. The number of hydrogen-bond donors (Lipinski definition) is 1. The second-order valence-corrected chi connectivity index (χ2v) is 5.70. The molecule has 106 valence electrons. The van der Waals surface area contributed by atoms with Gasteiger partial charge < -0.3 is 5.73 Å². The number of benzene rings is 2. The Kier molecular flexibility index (Phi) is 5.82. The fourth-order valence-corrected chi connectivity index (χ4v) is 2.50. The molecule has 2 aromatic carbocycles. The predicted molar refractivity (Wildman–Crippen MR) is 86.8 cm³/mol. The van der Waals surface area contributed by atoms with Gasteiger partial charge in [-0.3, -0.25) is 0 Å². The van der Waals surface area contributed by atoms with Crippen LogP contribution in [-0.4, -0.2) is 6.54 Å². The predicted octanol–water partition coefficient (Wildman–Crippen LogP) is 4.19. The molecule has 0 amide bonds. The molecule has 0 saturated carbocycles. The minimum Gasteiger partial charge on any atom is -0.330 e. The molecule has 0 aliphatic rings. The summed E-state index contributed by atoms with van der Waals surface area (Å²) in [6.45, 7) is 3.09. The highest BCUT2D eigenvalue weighted by atomic mass is 14.5. The van der Waals surface area contributed by atoms with Crippen LogP contribution in [0.2, 0.25) is 0 Å². The highest BCUT2D eigenvalue weighted by molar-refractivity contribution is 5.28. The van der Waals surface area contributed by atoms with Gasteiger partial charge in [0.1, 0.15) is 0 Å². The molecule has 0 aliphatic carbocycles. The lowest BCUT2D eigenvalue weighted by Gasteiger charge is -2.10. The van der Waals surface area contributed by atoms with Crippen molar-refractivity contribution in [3.63, 3.8) is 0 Å². The summed E-state index contributed by atoms with van der Waals surface area (Å²) in [6, 6.07) is 19.7. The Morgan fingerprint density at radius 1 is 0.800 bits per heavy atom. The van der Waals surface area contributed by atoms with Gasteiger partial charge in [0.05, 0.1) is 0 Å². The molecule has 2 rings (SSSR count). The molecule has 20 heavy (non-hydrogen) atoms. The topological polar surface area (TPSA) is 26.0 Å². The van der Waals surface area contributed by atoms with E-state index >= 15 is 0 Å². The quantitative estimate of drug-likeness (QED) is 0.799. The van der Waals surface area contributed by atoms with E-state index in [0.29, 0.717) is 0 Å². The molecule has 1 unspecified atom stereocenters. The normalized spacial score (nSPS) is 12.3. The molecule has 0 heterocycles. The van der Waals surface area contributed by atoms with Gasteiger partial charge in [-0.25, -0.2) is 0 Å². The maximum Gasteiger partial charge on any atom is -0.00258 e. The van der Waals surface area contributed by atoms with Crippen LogP contribution in [0.5, 0.6) is 0 Å². The zero-order chi connectivity index (χ0) is 14.2.